The van der Waals surface area contributed by atoms with Crippen molar-refractivity contribution >= 4 is 17.7 Å². The molecule has 2 nitrogen and oxygen atoms in total. The van der Waals surface area contributed by atoms with E-state index in [0.717, 1.165) is 11.5 Å². The Bertz CT molecular complexity index is 306. The van der Waals surface area contributed by atoms with Gasteiger partial charge in [-0.3, -0.25) is 0 Å². The van der Waals surface area contributed by atoms with E-state index in [1.807, 2.05) is 18.2 Å². The molecule has 3 heteroatoms. The van der Waals surface area contributed by atoms with Crippen molar-refractivity contribution in [2.45, 2.75) is 5.75 Å². The lowest BCUT2D eigenvalue weighted by atomic mass is 10.2. The largest absolute Gasteiger partial charge is 0.478 e. The van der Waals surface area contributed by atoms with Gasteiger partial charge in [0.05, 0.1) is 0 Å². The lowest BCUT2D eigenvalue weighted by molar-refractivity contribution is -0.131. The molecule has 0 radical (unpaired) electrons. The molecule has 0 aliphatic carbocycles. The zero-order valence-electron chi connectivity index (χ0n) is 7.72. The number of aliphatic carboxylic acids is 1. The van der Waals surface area contributed by atoms with Gasteiger partial charge in [0.1, 0.15) is 0 Å². The van der Waals surface area contributed by atoms with Gasteiger partial charge in [0.25, 0.3) is 0 Å². The Morgan fingerprint density at radius 1 is 1.36 bits per heavy atom. The fraction of sp³-hybridized carbons (Fsp3) is 0.182. The molecular formula is C11H12O2S. The van der Waals surface area contributed by atoms with Gasteiger partial charge in [-0.2, -0.15) is 11.8 Å². The van der Waals surface area contributed by atoms with E-state index in [0.29, 0.717) is 0 Å². The topological polar surface area (TPSA) is 37.3 Å². The summed E-state index contributed by atoms with van der Waals surface area (Å²) in [6.45, 7) is 0. The van der Waals surface area contributed by atoms with E-state index < -0.39 is 5.97 Å². The monoisotopic (exact) mass is 208 g/mol. The number of rotatable bonds is 5. The van der Waals surface area contributed by atoms with Crippen LogP contribution in [-0.2, 0) is 10.5 Å². The zero-order chi connectivity index (χ0) is 10.2. The second-order valence-electron chi connectivity index (χ2n) is 2.74. The summed E-state index contributed by atoms with van der Waals surface area (Å²) in [6.07, 6.45) is 2.84. The summed E-state index contributed by atoms with van der Waals surface area (Å²) in [5.41, 5.74) is 1.27. The molecule has 0 fully saturated rings. The molecule has 0 saturated carbocycles. The van der Waals surface area contributed by atoms with Crippen molar-refractivity contribution in [3.63, 3.8) is 0 Å². The SMILES string of the molecule is O=C(O)C=CCSCc1ccccc1. The van der Waals surface area contributed by atoms with Gasteiger partial charge in [-0.25, -0.2) is 4.79 Å². The van der Waals surface area contributed by atoms with E-state index in [4.69, 9.17) is 5.11 Å². The lowest BCUT2D eigenvalue weighted by Crippen LogP contribution is -1.86. The fourth-order valence-corrected chi connectivity index (χ4v) is 1.75. The molecule has 0 unspecified atom stereocenters. The molecular weight excluding hydrogens is 196 g/mol. The predicted molar refractivity (Wildman–Crippen MR) is 59.4 cm³/mol. The average molecular weight is 208 g/mol. The number of carbonyl (C=O) groups is 1. The molecule has 0 atom stereocenters. The molecule has 1 aromatic rings. The van der Waals surface area contributed by atoms with Gasteiger partial charge in [-0.15, -0.1) is 0 Å². The first-order valence-electron chi connectivity index (χ1n) is 4.30. The van der Waals surface area contributed by atoms with E-state index >= 15 is 0 Å². The van der Waals surface area contributed by atoms with Crippen LogP contribution in [0, 0.1) is 0 Å². The maximum atomic E-state index is 10.1. The van der Waals surface area contributed by atoms with Crippen molar-refractivity contribution in [3.8, 4) is 0 Å². The first-order chi connectivity index (χ1) is 6.79. The summed E-state index contributed by atoms with van der Waals surface area (Å²) >= 11 is 1.70. The third-order valence-electron chi connectivity index (χ3n) is 1.59. The number of benzene rings is 1. The summed E-state index contributed by atoms with van der Waals surface area (Å²) in [5, 5.41) is 8.33. The van der Waals surface area contributed by atoms with Crippen LogP contribution in [0.4, 0.5) is 0 Å². The summed E-state index contributed by atoms with van der Waals surface area (Å²) in [6, 6.07) is 10.1. The van der Waals surface area contributed by atoms with Crippen molar-refractivity contribution in [1.29, 1.82) is 0 Å². The van der Waals surface area contributed by atoms with Crippen LogP contribution in [0.3, 0.4) is 0 Å². The van der Waals surface area contributed by atoms with Gasteiger partial charge in [0.15, 0.2) is 0 Å². The fourth-order valence-electron chi connectivity index (χ4n) is 0.968. The Hall–Kier alpha value is -1.22. The maximum Gasteiger partial charge on any atom is 0.328 e. The molecule has 0 spiro atoms. The minimum absolute atomic E-state index is 0.737. The first kappa shape index (κ1) is 10.9. The third kappa shape index (κ3) is 4.72. The molecule has 0 amide bonds. The van der Waals surface area contributed by atoms with Gasteiger partial charge in [0, 0.05) is 17.6 Å². The van der Waals surface area contributed by atoms with Gasteiger partial charge >= 0.3 is 5.97 Å². The number of hydrogen-bond acceptors (Lipinski definition) is 2. The summed E-state index contributed by atoms with van der Waals surface area (Å²) in [5.74, 6) is 0.775. The van der Waals surface area contributed by atoms with Gasteiger partial charge in [-0.1, -0.05) is 36.4 Å². The highest BCUT2D eigenvalue weighted by Gasteiger charge is 1.90. The normalized spacial score (nSPS) is 10.6. The predicted octanol–water partition coefficient (Wildman–Crippen LogP) is 2.56. The Morgan fingerprint density at radius 2 is 2.07 bits per heavy atom. The van der Waals surface area contributed by atoms with E-state index in [-0.39, 0.29) is 0 Å². The van der Waals surface area contributed by atoms with Crippen molar-refractivity contribution < 1.29 is 9.90 Å². The highest BCUT2D eigenvalue weighted by molar-refractivity contribution is 7.98. The maximum absolute atomic E-state index is 10.1. The average Bonchev–Trinajstić information content (AvgIpc) is 2.18. The van der Waals surface area contributed by atoms with Crippen LogP contribution in [0.15, 0.2) is 42.5 Å². The van der Waals surface area contributed by atoms with Gasteiger partial charge < -0.3 is 5.11 Å². The quantitative estimate of drug-likeness (QED) is 0.597. The van der Waals surface area contributed by atoms with Crippen LogP contribution in [-0.4, -0.2) is 16.8 Å². The van der Waals surface area contributed by atoms with Crippen molar-refractivity contribution in [1.82, 2.24) is 0 Å². The molecule has 1 N–H and O–H groups in total. The Morgan fingerprint density at radius 3 is 2.71 bits per heavy atom. The number of thioether (sulfide) groups is 1. The summed E-state index contributed by atoms with van der Waals surface area (Å²) in [7, 11) is 0. The Kier molecular flexibility index (Phi) is 4.86. The summed E-state index contributed by atoms with van der Waals surface area (Å²) < 4.78 is 0. The Labute approximate surface area is 87.6 Å². The van der Waals surface area contributed by atoms with Crippen LogP contribution < -0.4 is 0 Å². The molecule has 0 heterocycles. The first-order valence-corrected chi connectivity index (χ1v) is 5.45. The number of carboxylic acid groups (broad SMARTS) is 1. The molecule has 1 rings (SSSR count). The third-order valence-corrected chi connectivity index (χ3v) is 2.55. The highest BCUT2D eigenvalue weighted by atomic mass is 32.2. The molecule has 1 aromatic carbocycles. The van der Waals surface area contributed by atoms with Crippen LogP contribution in [0.25, 0.3) is 0 Å². The van der Waals surface area contributed by atoms with Gasteiger partial charge in [-0.05, 0) is 5.56 Å². The number of hydrogen-bond donors (Lipinski definition) is 1. The minimum atomic E-state index is -0.884. The molecule has 14 heavy (non-hydrogen) atoms. The molecule has 0 aliphatic heterocycles. The number of carboxylic acids is 1. The van der Waals surface area contributed by atoms with Crippen molar-refractivity contribution in [2.75, 3.05) is 5.75 Å². The van der Waals surface area contributed by atoms with E-state index in [9.17, 15) is 4.79 Å². The standard InChI is InChI=1S/C11H12O2S/c12-11(13)7-4-8-14-9-10-5-2-1-3-6-10/h1-7H,8-9H2,(H,12,13). The van der Waals surface area contributed by atoms with Crippen LogP contribution in [0.1, 0.15) is 5.56 Å². The zero-order valence-corrected chi connectivity index (χ0v) is 8.54. The van der Waals surface area contributed by atoms with Crippen LogP contribution in [0.5, 0.6) is 0 Å². The van der Waals surface area contributed by atoms with E-state index in [1.165, 1.54) is 11.6 Å². The molecule has 0 aromatic heterocycles. The lowest BCUT2D eigenvalue weighted by Gasteiger charge is -1.97. The van der Waals surface area contributed by atoms with Crippen LogP contribution >= 0.6 is 11.8 Å². The molecule has 0 saturated heterocycles. The molecule has 0 bridgehead atoms. The van der Waals surface area contributed by atoms with E-state index in [2.05, 4.69) is 12.1 Å². The smallest absolute Gasteiger partial charge is 0.328 e. The second kappa shape index (κ2) is 6.27. The minimum Gasteiger partial charge on any atom is -0.478 e. The van der Waals surface area contributed by atoms with Crippen molar-refractivity contribution in [3.05, 3.63) is 48.0 Å². The second-order valence-corrected chi connectivity index (χ2v) is 3.77. The van der Waals surface area contributed by atoms with Crippen molar-refractivity contribution in [2.24, 2.45) is 0 Å². The summed E-state index contributed by atoms with van der Waals surface area (Å²) in [4.78, 5) is 10.1. The Balaban J connectivity index is 2.19. The van der Waals surface area contributed by atoms with Crippen LogP contribution in [0.2, 0.25) is 0 Å². The molecule has 74 valence electrons. The highest BCUT2D eigenvalue weighted by Crippen LogP contribution is 2.11. The van der Waals surface area contributed by atoms with Gasteiger partial charge in [0.2, 0.25) is 0 Å². The molecule has 0 aliphatic rings. The van der Waals surface area contributed by atoms with E-state index in [1.54, 1.807) is 17.8 Å².